The van der Waals surface area contributed by atoms with Crippen molar-refractivity contribution in [2.75, 3.05) is 26.3 Å². The van der Waals surface area contributed by atoms with Crippen molar-refractivity contribution < 1.29 is 4.74 Å². The van der Waals surface area contributed by atoms with Crippen LogP contribution in [0.3, 0.4) is 0 Å². The van der Waals surface area contributed by atoms with Gasteiger partial charge in [-0.2, -0.15) is 0 Å². The van der Waals surface area contributed by atoms with E-state index in [0.29, 0.717) is 13.2 Å². The van der Waals surface area contributed by atoms with Gasteiger partial charge < -0.3 is 19.9 Å². The fourth-order valence-corrected chi connectivity index (χ4v) is 1.33. The molecule has 0 aliphatic rings. The molecule has 0 amide bonds. The molecule has 1 rings (SSSR count). The quantitative estimate of drug-likeness (QED) is 0.311. The van der Waals surface area contributed by atoms with Gasteiger partial charge in [-0.3, -0.25) is 0 Å². The summed E-state index contributed by atoms with van der Waals surface area (Å²) in [5, 5.41) is 14.2. The number of aliphatic imine (C=N–C) groups is 1. The van der Waals surface area contributed by atoms with Crippen LogP contribution in [0.2, 0.25) is 0 Å². The van der Waals surface area contributed by atoms with Gasteiger partial charge in [-0.1, -0.05) is 0 Å². The minimum atomic E-state index is 0. The third-order valence-electron chi connectivity index (χ3n) is 2.27. The first-order chi connectivity index (χ1) is 8.77. The van der Waals surface area contributed by atoms with Crippen molar-refractivity contribution in [1.82, 2.24) is 25.4 Å². The zero-order chi connectivity index (χ0) is 13.2. The summed E-state index contributed by atoms with van der Waals surface area (Å²) >= 11 is 0. The summed E-state index contributed by atoms with van der Waals surface area (Å²) in [5.41, 5.74) is 0. The van der Waals surface area contributed by atoms with Crippen molar-refractivity contribution >= 4 is 29.9 Å². The summed E-state index contributed by atoms with van der Waals surface area (Å²) in [6.07, 6.45) is 1.67. The van der Waals surface area contributed by atoms with Gasteiger partial charge in [-0.15, -0.1) is 34.2 Å². The fraction of sp³-hybridized carbons (Fsp3) is 0.727. The van der Waals surface area contributed by atoms with Gasteiger partial charge in [-0.25, -0.2) is 4.99 Å². The number of nitrogens with one attached hydrogen (secondary N) is 2. The maximum Gasteiger partial charge on any atom is 0.191 e. The zero-order valence-corrected chi connectivity index (χ0v) is 14.0. The predicted molar refractivity (Wildman–Crippen MR) is 85.7 cm³/mol. The molecule has 0 unspecified atom stereocenters. The van der Waals surface area contributed by atoms with E-state index in [1.807, 2.05) is 25.5 Å². The van der Waals surface area contributed by atoms with Crippen molar-refractivity contribution in [1.29, 1.82) is 0 Å². The highest BCUT2D eigenvalue weighted by Gasteiger charge is 2.01. The number of halogens is 1. The number of nitrogens with zero attached hydrogens (tertiary/aromatic N) is 4. The topological polar surface area (TPSA) is 76.4 Å². The highest BCUT2D eigenvalue weighted by atomic mass is 127. The molecule has 2 N–H and O–H groups in total. The molecule has 0 bridgehead atoms. The molecule has 0 saturated heterocycles. The van der Waals surface area contributed by atoms with Crippen LogP contribution in [-0.4, -0.2) is 47.0 Å². The van der Waals surface area contributed by atoms with Crippen molar-refractivity contribution in [3.63, 3.8) is 0 Å². The molecule has 1 heterocycles. The average molecular weight is 382 g/mol. The van der Waals surface area contributed by atoms with E-state index < -0.39 is 0 Å². The first kappa shape index (κ1) is 18.1. The highest BCUT2D eigenvalue weighted by molar-refractivity contribution is 14.0. The summed E-state index contributed by atoms with van der Waals surface area (Å²) < 4.78 is 7.11. The maximum atomic E-state index is 5.26. The van der Waals surface area contributed by atoms with Gasteiger partial charge in [0.15, 0.2) is 11.8 Å². The summed E-state index contributed by atoms with van der Waals surface area (Å²) in [6, 6.07) is 0. The van der Waals surface area contributed by atoms with Crippen LogP contribution in [-0.2, 0) is 18.3 Å². The number of rotatable bonds is 7. The number of hydrogen-bond donors (Lipinski definition) is 2. The molecule has 0 saturated carbocycles. The summed E-state index contributed by atoms with van der Waals surface area (Å²) in [4.78, 5) is 4.43. The lowest BCUT2D eigenvalue weighted by molar-refractivity contribution is 0.152. The second-order valence-electron chi connectivity index (χ2n) is 3.68. The van der Waals surface area contributed by atoms with Gasteiger partial charge in [0.25, 0.3) is 0 Å². The number of hydrogen-bond acceptors (Lipinski definition) is 4. The molecule has 0 atom stereocenters. The molecule has 0 fully saturated rings. The monoisotopic (exact) mass is 382 g/mol. The molecular weight excluding hydrogens is 359 g/mol. The Bertz CT molecular complexity index is 368. The van der Waals surface area contributed by atoms with E-state index in [-0.39, 0.29) is 24.0 Å². The van der Waals surface area contributed by atoms with Crippen LogP contribution in [0.25, 0.3) is 0 Å². The Balaban J connectivity index is 0.00000324. The van der Waals surface area contributed by atoms with E-state index in [1.54, 1.807) is 6.33 Å². The second-order valence-corrected chi connectivity index (χ2v) is 3.68. The van der Waals surface area contributed by atoms with E-state index in [9.17, 15) is 0 Å². The summed E-state index contributed by atoms with van der Waals surface area (Å²) in [7, 11) is 1.90. The Morgan fingerprint density at radius 3 is 2.79 bits per heavy atom. The number of aryl methyl sites for hydroxylation is 1. The molecule has 0 aliphatic heterocycles. The van der Waals surface area contributed by atoms with E-state index in [2.05, 4.69) is 25.8 Å². The molecule has 7 nitrogen and oxygen atoms in total. The Morgan fingerprint density at radius 1 is 1.42 bits per heavy atom. The minimum Gasteiger partial charge on any atom is -0.380 e. The Morgan fingerprint density at radius 2 is 2.21 bits per heavy atom. The molecule has 1 aromatic rings. The predicted octanol–water partition coefficient (Wildman–Crippen LogP) is 0.525. The molecule has 8 heteroatoms. The Labute approximate surface area is 131 Å². The van der Waals surface area contributed by atoms with Crippen LogP contribution in [0.5, 0.6) is 0 Å². The molecule has 0 spiro atoms. The van der Waals surface area contributed by atoms with Crippen LogP contribution in [0, 0.1) is 0 Å². The molecule has 0 aromatic carbocycles. The van der Waals surface area contributed by atoms with E-state index >= 15 is 0 Å². The van der Waals surface area contributed by atoms with Crippen LogP contribution in [0.4, 0.5) is 0 Å². The van der Waals surface area contributed by atoms with Crippen molar-refractivity contribution in [3.05, 3.63) is 12.2 Å². The summed E-state index contributed by atoms with van der Waals surface area (Å²) in [6.45, 7) is 7.47. The fourth-order valence-electron chi connectivity index (χ4n) is 1.33. The maximum absolute atomic E-state index is 5.26. The molecule has 110 valence electrons. The van der Waals surface area contributed by atoms with Crippen molar-refractivity contribution in [2.45, 2.75) is 20.4 Å². The first-order valence-corrected chi connectivity index (χ1v) is 6.20. The zero-order valence-electron chi connectivity index (χ0n) is 11.7. The molecule has 0 aliphatic carbocycles. The van der Waals surface area contributed by atoms with E-state index in [1.165, 1.54) is 0 Å². The van der Waals surface area contributed by atoms with Gasteiger partial charge in [-0.05, 0) is 13.8 Å². The molecular formula is C11H23IN6O. The minimum absolute atomic E-state index is 0. The van der Waals surface area contributed by atoms with Crippen LogP contribution in [0.1, 0.15) is 19.7 Å². The van der Waals surface area contributed by atoms with E-state index in [0.717, 1.165) is 31.5 Å². The van der Waals surface area contributed by atoms with Crippen molar-refractivity contribution in [3.8, 4) is 0 Å². The van der Waals surface area contributed by atoms with Gasteiger partial charge in [0, 0.05) is 26.7 Å². The molecule has 0 radical (unpaired) electrons. The second kappa shape index (κ2) is 11.0. The lowest BCUT2D eigenvalue weighted by atomic mass is 10.6. The van der Waals surface area contributed by atoms with Crippen LogP contribution >= 0.6 is 24.0 Å². The normalized spacial score (nSPS) is 11.0. The first-order valence-electron chi connectivity index (χ1n) is 6.20. The number of ether oxygens (including phenoxy) is 1. The van der Waals surface area contributed by atoms with Gasteiger partial charge in [0.2, 0.25) is 0 Å². The largest absolute Gasteiger partial charge is 0.380 e. The van der Waals surface area contributed by atoms with E-state index in [4.69, 9.17) is 4.74 Å². The van der Waals surface area contributed by atoms with Crippen molar-refractivity contribution in [2.24, 2.45) is 12.0 Å². The van der Waals surface area contributed by atoms with Gasteiger partial charge in [0.05, 0.1) is 6.61 Å². The highest BCUT2D eigenvalue weighted by Crippen LogP contribution is 1.93. The van der Waals surface area contributed by atoms with Crippen LogP contribution < -0.4 is 10.6 Å². The lowest BCUT2D eigenvalue weighted by Crippen LogP contribution is -2.39. The standard InChI is InChI=1S/C11H22N6O.HI/c1-4-12-11(13-6-7-18-5-2)14-8-10-16-15-9-17(10)3;/h9H,4-8H2,1-3H3,(H2,12,13,14);1H. The van der Waals surface area contributed by atoms with Gasteiger partial charge in [0.1, 0.15) is 12.9 Å². The Hall–Kier alpha value is -0.900. The Kier molecular flexibility index (Phi) is 10.5. The third-order valence-corrected chi connectivity index (χ3v) is 2.27. The molecule has 1 aromatic heterocycles. The van der Waals surface area contributed by atoms with Gasteiger partial charge >= 0.3 is 0 Å². The third kappa shape index (κ3) is 7.31. The average Bonchev–Trinajstić information content (AvgIpc) is 2.77. The molecule has 19 heavy (non-hydrogen) atoms. The number of guanidine groups is 1. The SMILES string of the molecule is CCNC(=NCc1nncn1C)NCCOCC.I. The lowest BCUT2D eigenvalue weighted by Gasteiger charge is -2.10. The number of aromatic nitrogens is 3. The smallest absolute Gasteiger partial charge is 0.191 e. The van der Waals surface area contributed by atoms with Crippen LogP contribution in [0.15, 0.2) is 11.3 Å². The summed E-state index contributed by atoms with van der Waals surface area (Å²) in [5.74, 6) is 1.59.